The molecule has 0 rings (SSSR count). The van der Waals surface area contributed by atoms with Crippen molar-refractivity contribution in [3.8, 4) is 0 Å². The molecule has 0 unspecified atom stereocenters. The molecule has 5 heavy (non-hydrogen) atoms. The number of halogens is 2. The van der Waals surface area contributed by atoms with Crippen LogP contribution in [-0.2, 0) is 19.5 Å². The van der Waals surface area contributed by atoms with Crippen LogP contribution in [0.5, 0.6) is 0 Å². The van der Waals surface area contributed by atoms with Gasteiger partial charge in [0.25, 0.3) is 0 Å². The van der Waals surface area contributed by atoms with E-state index in [4.69, 9.17) is 23.2 Å². The van der Waals surface area contributed by atoms with E-state index in [9.17, 15) is 0 Å². The standard InChI is InChI=1S/CHCl2P.Ru/c2-1(3)4;/h4H;. The molecule has 0 spiro atoms. The summed E-state index contributed by atoms with van der Waals surface area (Å²) in [5.74, 6) is 0. The average molecular weight is 216 g/mol. The van der Waals surface area contributed by atoms with Gasteiger partial charge in [0.05, 0.1) is 0 Å². The second kappa shape index (κ2) is 5.37. The van der Waals surface area contributed by atoms with Crippen molar-refractivity contribution in [2.75, 3.05) is 0 Å². The Morgan fingerprint density at radius 2 is 1.40 bits per heavy atom. The van der Waals surface area contributed by atoms with Crippen LogP contribution in [0, 0.1) is 0 Å². The molecule has 0 radical (unpaired) electrons. The normalized spacial score (nSPS) is 5.20. The van der Waals surface area contributed by atoms with E-state index in [-0.39, 0.29) is 23.7 Å². The Balaban J connectivity index is 0. The number of hydrogen-bond donors (Lipinski definition) is 0. The fourth-order valence-electron chi connectivity index (χ4n) is 0. The van der Waals surface area contributed by atoms with Crippen molar-refractivity contribution in [1.29, 1.82) is 0 Å². The van der Waals surface area contributed by atoms with Gasteiger partial charge in [-0.05, 0) is 0 Å². The van der Waals surface area contributed by atoms with Crippen molar-refractivity contribution in [1.82, 2.24) is 0 Å². The predicted octanol–water partition coefficient (Wildman–Crippen LogP) is 1.69. The molecule has 0 heterocycles. The maximum Gasteiger partial charge on any atom is 0.125 e. The molecule has 0 fully saturated rings. The number of hydrogen-bond acceptors (Lipinski definition) is 0. The zero-order chi connectivity index (χ0) is 3.58. The molecule has 0 saturated carbocycles. The van der Waals surface area contributed by atoms with Gasteiger partial charge in [0.15, 0.2) is 0 Å². The maximum absolute atomic E-state index is 4.87. The van der Waals surface area contributed by atoms with Crippen molar-refractivity contribution < 1.29 is 19.5 Å². The van der Waals surface area contributed by atoms with Crippen LogP contribution in [0.3, 0.4) is 0 Å². The molecular weight excluding hydrogens is 215 g/mol. The summed E-state index contributed by atoms with van der Waals surface area (Å²) in [7, 11) is 2.76. The average Bonchev–Trinajstić information content (AvgIpc) is 0.811. The maximum atomic E-state index is 4.87. The van der Waals surface area contributed by atoms with Crippen LogP contribution in [0.1, 0.15) is 0 Å². The molecule has 0 aliphatic carbocycles. The summed E-state index contributed by atoms with van der Waals surface area (Å²) < 4.78 is 0.167. The van der Waals surface area contributed by atoms with E-state index < -0.39 is 0 Å². The summed E-state index contributed by atoms with van der Waals surface area (Å²) in [5.41, 5.74) is 0. The van der Waals surface area contributed by atoms with Crippen LogP contribution >= 0.6 is 32.1 Å². The summed E-state index contributed by atoms with van der Waals surface area (Å²) in [5, 5.41) is 0. The molecule has 0 aromatic rings. The minimum atomic E-state index is 0. The summed E-state index contributed by atoms with van der Waals surface area (Å²) >= 11 is 9.74. The molecule has 0 aromatic heterocycles. The van der Waals surface area contributed by atoms with Crippen molar-refractivity contribution in [2.45, 2.75) is 0 Å². The molecule has 0 saturated heterocycles. The molecule has 0 atom stereocenters. The molecule has 0 N–H and O–H groups in total. The Kier molecular flexibility index (Phi) is 10.3. The van der Waals surface area contributed by atoms with E-state index in [2.05, 4.69) is 8.86 Å². The molecule has 0 aliphatic heterocycles. The first-order chi connectivity index (χ1) is 1.73. The van der Waals surface area contributed by atoms with Gasteiger partial charge in [-0.15, -0.1) is 0 Å². The summed E-state index contributed by atoms with van der Waals surface area (Å²) in [6.07, 6.45) is 0. The largest absolute Gasteiger partial charge is 0.125 e. The Morgan fingerprint density at radius 1 is 1.40 bits per heavy atom. The van der Waals surface area contributed by atoms with Crippen molar-refractivity contribution >= 4 is 36.3 Å². The summed E-state index contributed by atoms with van der Waals surface area (Å²) in [4.78, 5) is 0. The Morgan fingerprint density at radius 3 is 1.40 bits per heavy atom. The predicted molar refractivity (Wildman–Crippen MR) is 25.0 cm³/mol. The third kappa shape index (κ3) is 32.4. The Hall–Kier alpha value is 1.37. The Labute approximate surface area is 55.8 Å². The van der Waals surface area contributed by atoms with Gasteiger partial charge in [0.1, 0.15) is 4.21 Å². The van der Waals surface area contributed by atoms with Crippen LogP contribution in [0.2, 0.25) is 0 Å². The van der Waals surface area contributed by atoms with Crippen molar-refractivity contribution in [3.63, 3.8) is 0 Å². The first kappa shape index (κ1) is 9.62. The SMILES string of the molecule is P=C(Cl)Cl.[Ru]. The fourth-order valence-corrected chi connectivity index (χ4v) is 0. The van der Waals surface area contributed by atoms with Gasteiger partial charge in [0.2, 0.25) is 0 Å². The third-order valence-corrected chi connectivity index (χ3v) is 0. The number of rotatable bonds is 0. The van der Waals surface area contributed by atoms with E-state index in [1.165, 1.54) is 0 Å². The van der Waals surface area contributed by atoms with Gasteiger partial charge in [-0.25, -0.2) is 0 Å². The van der Waals surface area contributed by atoms with E-state index >= 15 is 0 Å². The minimum absolute atomic E-state index is 0. The van der Waals surface area contributed by atoms with Crippen molar-refractivity contribution in [3.05, 3.63) is 0 Å². The fraction of sp³-hybridized carbons (Fsp3) is 0. The molecule has 0 amide bonds. The van der Waals surface area contributed by atoms with Crippen LogP contribution < -0.4 is 0 Å². The van der Waals surface area contributed by atoms with E-state index in [1.54, 1.807) is 0 Å². The van der Waals surface area contributed by atoms with E-state index in [0.29, 0.717) is 0 Å². The van der Waals surface area contributed by atoms with Crippen LogP contribution in [-0.4, -0.2) is 4.21 Å². The van der Waals surface area contributed by atoms with Gasteiger partial charge >= 0.3 is 0 Å². The first-order valence-electron chi connectivity index (χ1n) is 0.628. The molecule has 0 bridgehead atoms. The Bertz CT molecular complexity index is 32.6. The van der Waals surface area contributed by atoms with Gasteiger partial charge in [-0.2, -0.15) is 0 Å². The van der Waals surface area contributed by atoms with Crippen molar-refractivity contribution in [2.24, 2.45) is 0 Å². The van der Waals surface area contributed by atoms with Gasteiger partial charge in [-0.3, -0.25) is 0 Å². The quantitative estimate of drug-likeness (QED) is 0.427. The molecule has 0 nitrogen and oxygen atoms in total. The second-order valence-corrected chi connectivity index (χ2v) is 2.34. The van der Waals surface area contributed by atoms with Gasteiger partial charge in [-0.1, -0.05) is 32.1 Å². The zero-order valence-corrected chi connectivity index (χ0v) is 6.36. The molecule has 0 aliphatic rings. The summed E-state index contributed by atoms with van der Waals surface area (Å²) in [6, 6.07) is 0. The third-order valence-electron chi connectivity index (χ3n) is 0. The van der Waals surface area contributed by atoms with E-state index in [1.807, 2.05) is 0 Å². The molecule has 0 aromatic carbocycles. The summed E-state index contributed by atoms with van der Waals surface area (Å²) in [6.45, 7) is 0. The van der Waals surface area contributed by atoms with Crippen LogP contribution in [0.25, 0.3) is 0 Å². The van der Waals surface area contributed by atoms with Gasteiger partial charge < -0.3 is 0 Å². The van der Waals surface area contributed by atoms with Gasteiger partial charge in [0, 0.05) is 19.5 Å². The molecule has 32 valence electrons. The van der Waals surface area contributed by atoms with E-state index in [0.717, 1.165) is 0 Å². The monoisotopic (exact) mass is 216 g/mol. The molecular formula is CHCl2PRu. The second-order valence-electron chi connectivity index (χ2n) is 0.260. The minimum Gasteiger partial charge on any atom is -0.0881 e. The zero-order valence-electron chi connectivity index (χ0n) is 2.11. The van der Waals surface area contributed by atoms with Crippen LogP contribution in [0.15, 0.2) is 0 Å². The topological polar surface area (TPSA) is 0 Å². The smallest absolute Gasteiger partial charge is 0.0881 e. The first-order valence-corrected chi connectivity index (χ1v) is 1.88. The van der Waals surface area contributed by atoms with Crippen LogP contribution in [0.4, 0.5) is 0 Å². The molecule has 4 heteroatoms.